The molecule has 0 radical (unpaired) electrons. The van der Waals surface area contributed by atoms with Crippen molar-refractivity contribution in [3.63, 3.8) is 0 Å². The highest BCUT2D eigenvalue weighted by Crippen LogP contribution is 2.20. The summed E-state index contributed by atoms with van der Waals surface area (Å²) in [5.41, 5.74) is 3.43. The molecule has 0 aliphatic heterocycles. The van der Waals surface area contributed by atoms with Crippen LogP contribution in [0.2, 0.25) is 0 Å². The number of methoxy groups -OCH3 is 1. The van der Waals surface area contributed by atoms with Gasteiger partial charge >= 0.3 is 0 Å². The summed E-state index contributed by atoms with van der Waals surface area (Å²) in [6.45, 7) is 0. The average Bonchev–Trinajstić information content (AvgIpc) is 3.01. The normalized spacial score (nSPS) is 11.0. The first-order chi connectivity index (χ1) is 11.6. The van der Waals surface area contributed by atoms with Gasteiger partial charge in [-0.05, 0) is 48.6 Å². The van der Waals surface area contributed by atoms with Crippen LogP contribution in [-0.4, -0.2) is 24.2 Å². The molecule has 0 aliphatic rings. The maximum Gasteiger partial charge on any atom is 0.284 e. The van der Waals surface area contributed by atoms with Gasteiger partial charge in [0.1, 0.15) is 17.3 Å². The third-order valence-corrected chi connectivity index (χ3v) is 3.64. The Morgan fingerprint density at radius 3 is 2.75 bits per heavy atom. The number of thioether (sulfide) groups is 1. The van der Waals surface area contributed by atoms with E-state index in [1.807, 2.05) is 12.1 Å². The van der Waals surface area contributed by atoms with E-state index in [9.17, 15) is 8.78 Å². The van der Waals surface area contributed by atoms with Gasteiger partial charge in [0.05, 0.1) is 19.1 Å². The van der Waals surface area contributed by atoms with Crippen LogP contribution in [0.4, 0.5) is 14.5 Å². The molecule has 0 spiro atoms. The van der Waals surface area contributed by atoms with Gasteiger partial charge in [0.2, 0.25) is 0 Å². The molecule has 0 unspecified atom stereocenters. The molecule has 0 aliphatic carbocycles. The average molecular weight is 371 g/mol. The molecule has 0 atom stereocenters. The molecule has 1 heterocycles. The molecule has 1 aromatic heterocycles. The van der Waals surface area contributed by atoms with Gasteiger partial charge in [0.25, 0.3) is 5.76 Å². The first kappa shape index (κ1) is 18.2. The lowest BCUT2D eigenvalue weighted by atomic mass is 10.3. The van der Waals surface area contributed by atoms with Gasteiger partial charge < -0.3 is 14.5 Å². The quantitative estimate of drug-likeness (QED) is 0.435. The molecule has 2 N–H and O–H groups in total. The Morgan fingerprint density at radius 1 is 1.33 bits per heavy atom. The van der Waals surface area contributed by atoms with E-state index in [0.717, 1.165) is 11.4 Å². The monoisotopic (exact) mass is 371 g/mol. The summed E-state index contributed by atoms with van der Waals surface area (Å²) in [5, 5.41) is 7.18. The topological polar surface area (TPSA) is 58.8 Å². The van der Waals surface area contributed by atoms with Crippen molar-refractivity contribution in [1.29, 1.82) is 0 Å². The molecular weight excluding hydrogens is 356 g/mol. The number of hydrogen-bond donors (Lipinski definition) is 2. The number of halogens is 2. The highest BCUT2D eigenvalue weighted by molar-refractivity contribution is 7.98. The van der Waals surface area contributed by atoms with E-state index in [0.29, 0.717) is 28.4 Å². The van der Waals surface area contributed by atoms with Crippen LogP contribution in [0, 0.1) is 0 Å². The van der Waals surface area contributed by atoms with Crippen molar-refractivity contribution < 1.29 is 17.9 Å². The van der Waals surface area contributed by atoms with Crippen LogP contribution >= 0.6 is 24.0 Å². The first-order valence-corrected chi connectivity index (χ1v) is 8.25. The van der Waals surface area contributed by atoms with E-state index in [2.05, 4.69) is 15.8 Å². The summed E-state index contributed by atoms with van der Waals surface area (Å²) in [6.07, 6.45) is 1.42. The van der Waals surface area contributed by atoms with Crippen molar-refractivity contribution in [2.45, 2.75) is 11.5 Å². The zero-order chi connectivity index (χ0) is 17.4. The summed E-state index contributed by atoms with van der Waals surface area (Å²) in [7, 11) is 1.59. The largest absolute Gasteiger partial charge is 0.497 e. The number of furan rings is 1. The van der Waals surface area contributed by atoms with Crippen LogP contribution in [0.1, 0.15) is 11.5 Å². The van der Waals surface area contributed by atoms with Gasteiger partial charge in [0.15, 0.2) is 5.11 Å². The van der Waals surface area contributed by atoms with Gasteiger partial charge in [-0.25, -0.2) is 0 Å². The number of alkyl halides is 2. The molecule has 2 aromatic rings. The fourth-order valence-corrected chi connectivity index (χ4v) is 2.29. The highest BCUT2D eigenvalue weighted by atomic mass is 32.2. The Morgan fingerprint density at radius 2 is 2.08 bits per heavy atom. The second-order valence-corrected chi connectivity index (χ2v) is 5.81. The SMILES string of the molecule is COc1ccc(NC(=S)N/N=C\c2ccc(CSC(F)F)o2)cc1. The van der Waals surface area contributed by atoms with E-state index in [1.165, 1.54) is 6.21 Å². The number of nitrogens with one attached hydrogen (secondary N) is 2. The van der Waals surface area contributed by atoms with Crippen LogP contribution in [0.3, 0.4) is 0 Å². The lowest BCUT2D eigenvalue weighted by molar-refractivity contribution is 0.251. The number of anilines is 1. The Balaban J connectivity index is 1.79. The Kier molecular flexibility index (Phi) is 7.01. The third kappa shape index (κ3) is 6.17. The Hall–Kier alpha value is -2.13. The number of hydrazone groups is 1. The molecule has 0 saturated heterocycles. The van der Waals surface area contributed by atoms with Crippen LogP contribution < -0.4 is 15.5 Å². The van der Waals surface area contributed by atoms with Crippen molar-refractivity contribution in [2.24, 2.45) is 5.10 Å². The number of ether oxygens (including phenoxy) is 1. The lowest BCUT2D eigenvalue weighted by Gasteiger charge is -2.07. The molecule has 2 rings (SSSR count). The molecule has 0 saturated carbocycles. The summed E-state index contributed by atoms with van der Waals surface area (Å²) < 4.78 is 34.6. The van der Waals surface area contributed by atoms with Gasteiger partial charge in [-0.2, -0.15) is 13.9 Å². The molecule has 0 amide bonds. The predicted octanol–water partition coefficient (Wildman–Crippen LogP) is 4.06. The number of thiocarbonyl (C=S) groups is 1. The van der Waals surface area contributed by atoms with E-state index < -0.39 is 5.76 Å². The third-order valence-electron chi connectivity index (χ3n) is 2.74. The van der Waals surface area contributed by atoms with Crippen molar-refractivity contribution >= 4 is 41.0 Å². The number of nitrogens with zero attached hydrogens (tertiary/aromatic N) is 1. The van der Waals surface area contributed by atoms with Crippen LogP contribution in [0.25, 0.3) is 0 Å². The van der Waals surface area contributed by atoms with Gasteiger partial charge in [-0.3, -0.25) is 5.43 Å². The second-order valence-electron chi connectivity index (χ2n) is 4.43. The Labute approximate surface area is 147 Å². The summed E-state index contributed by atoms with van der Waals surface area (Å²) >= 11 is 5.61. The molecule has 24 heavy (non-hydrogen) atoms. The molecule has 128 valence electrons. The van der Waals surface area contributed by atoms with Crippen molar-refractivity contribution in [3.05, 3.63) is 47.9 Å². The maximum absolute atomic E-state index is 12.1. The number of hydrogen-bond acceptors (Lipinski definition) is 5. The van der Waals surface area contributed by atoms with Crippen LogP contribution in [0.15, 0.2) is 45.9 Å². The fourth-order valence-electron chi connectivity index (χ4n) is 1.67. The van der Waals surface area contributed by atoms with E-state index in [1.54, 1.807) is 31.4 Å². The zero-order valence-corrected chi connectivity index (χ0v) is 14.3. The van der Waals surface area contributed by atoms with Crippen molar-refractivity contribution in [2.75, 3.05) is 12.4 Å². The molecule has 0 fully saturated rings. The van der Waals surface area contributed by atoms with Crippen LogP contribution in [0.5, 0.6) is 5.75 Å². The van der Waals surface area contributed by atoms with E-state index in [-0.39, 0.29) is 5.75 Å². The second kappa shape index (κ2) is 9.24. The summed E-state index contributed by atoms with van der Waals surface area (Å²) in [6, 6.07) is 10.5. The van der Waals surface area contributed by atoms with Gasteiger partial charge in [0, 0.05) is 5.69 Å². The van der Waals surface area contributed by atoms with Crippen LogP contribution in [-0.2, 0) is 5.75 Å². The van der Waals surface area contributed by atoms with Gasteiger partial charge in [-0.1, -0.05) is 11.8 Å². The van der Waals surface area contributed by atoms with Crippen molar-refractivity contribution in [1.82, 2.24) is 5.43 Å². The predicted molar refractivity (Wildman–Crippen MR) is 96.0 cm³/mol. The lowest BCUT2D eigenvalue weighted by Crippen LogP contribution is -2.23. The number of benzene rings is 1. The summed E-state index contributed by atoms with van der Waals surface area (Å²) in [5.74, 6) is -0.664. The highest BCUT2D eigenvalue weighted by Gasteiger charge is 2.06. The minimum absolute atomic E-state index is 0.108. The Bertz CT molecular complexity index is 690. The minimum atomic E-state index is -2.42. The standard InChI is InChI=1S/C15H15F2N3O2S2/c1-21-11-4-2-10(3-5-11)19-15(23)20-18-8-12-6-7-13(22-12)9-24-14(16)17/h2-8,14H,9H2,1H3,(H2,19,20,23)/b18-8-. The van der Waals surface area contributed by atoms with E-state index in [4.69, 9.17) is 21.4 Å². The van der Waals surface area contributed by atoms with E-state index >= 15 is 0 Å². The maximum atomic E-state index is 12.1. The minimum Gasteiger partial charge on any atom is -0.497 e. The number of rotatable bonds is 7. The smallest absolute Gasteiger partial charge is 0.284 e. The first-order valence-electron chi connectivity index (χ1n) is 6.79. The molecular formula is C15H15F2N3O2S2. The fraction of sp³-hybridized carbons (Fsp3) is 0.200. The molecule has 9 heteroatoms. The van der Waals surface area contributed by atoms with Crippen molar-refractivity contribution in [3.8, 4) is 5.75 Å². The summed E-state index contributed by atoms with van der Waals surface area (Å²) in [4.78, 5) is 0. The molecule has 1 aromatic carbocycles. The molecule has 5 nitrogen and oxygen atoms in total. The zero-order valence-electron chi connectivity index (χ0n) is 12.7. The van der Waals surface area contributed by atoms with Gasteiger partial charge in [-0.15, -0.1) is 0 Å². The molecule has 0 bridgehead atoms.